The van der Waals surface area contributed by atoms with Gasteiger partial charge < -0.3 is 30.6 Å². The van der Waals surface area contributed by atoms with Crippen LogP contribution in [-0.2, 0) is 30.8 Å². The van der Waals surface area contributed by atoms with Gasteiger partial charge >= 0.3 is 29.9 Å². The zero-order valence-electron chi connectivity index (χ0n) is 27.7. The highest BCUT2D eigenvalue weighted by molar-refractivity contribution is 7.89. The second-order valence-corrected chi connectivity index (χ2v) is 14.0. The molecule has 1 aliphatic rings. The fourth-order valence-corrected chi connectivity index (χ4v) is 6.41. The number of carbonyl (C=O) groups is 6. The van der Waals surface area contributed by atoms with Crippen LogP contribution < -0.4 is 20.3 Å². The van der Waals surface area contributed by atoms with E-state index in [0.717, 1.165) is 17.2 Å². The van der Waals surface area contributed by atoms with Crippen molar-refractivity contribution in [1.29, 1.82) is 0 Å². The van der Waals surface area contributed by atoms with Crippen LogP contribution in [0.25, 0.3) is 16.6 Å². The van der Waals surface area contributed by atoms with Gasteiger partial charge in [0.25, 0.3) is 0 Å². The van der Waals surface area contributed by atoms with Gasteiger partial charge in [0.15, 0.2) is 0 Å². The predicted octanol–water partition coefficient (Wildman–Crippen LogP) is 2.00. The van der Waals surface area contributed by atoms with Crippen LogP contribution in [0.2, 0.25) is 5.02 Å². The highest BCUT2D eigenvalue weighted by atomic mass is 35.5. The topological polar surface area (TPSA) is 268 Å². The van der Waals surface area contributed by atoms with Crippen LogP contribution in [0, 0.1) is 0 Å². The third kappa shape index (κ3) is 7.80. The number of nitrogens with one attached hydrogen (secondary N) is 3. The van der Waals surface area contributed by atoms with Gasteiger partial charge in [-0.1, -0.05) is 23.7 Å². The first kappa shape index (κ1) is 36.9. The number of benzene rings is 3. The maximum absolute atomic E-state index is 14.1. The molecule has 1 fully saturated rings. The molecule has 3 aromatic carbocycles. The zero-order chi connectivity index (χ0) is 38.9. The number of carboxylic acids is 1. The van der Waals surface area contributed by atoms with Crippen LogP contribution in [0.4, 0.5) is 26.7 Å². The summed E-state index contributed by atoms with van der Waals surface area (Å²) in [6.07, 6.45) is 0.438. The van der Waals surface area contributed by atoms with Crippen LogP contribution in [0.3, 0.4) is 0 Å². The lowest BCUT2D eigenvalue weighted by atomic mass is 10.0. The van der Waals surface area contributed by atoms with E-state index >= 15 is 0 Å². The normalized spacial score (nSPS) is 13.8. The number of rotatable bonds is 10. The number of hydrogen-bond acceptors (Lipinski definition) is 11. The average molecular weight is 779 g/mol. The Morgan fingerprint density at radius 2 is 1.61 bits per heavy atom. The summed E-state index contributed by atoms with van der Waals surface area (Å²) in [6, 6.07) is 13.4. The molecule has 5 amide bonds. The summed E-state index contributed by atoms with van der Waals surface area (Å²) < 4.78 is 26.4. The van der Waals surface area contributed by atoms with Crippen molar-refractivity contribution < 1.29 is 47.4 Å². The van der Waals surface area contributed by atoms with E-state index in [1.165, 1.54) is 64.4 Å². The molecule has 1 unspecified atom stereocenters. The molecular formula is C32H27ClN10O10S. The van der Waals surface area contributed by atoms with Gasteiger partial charge in [0.05, 0.1) is 23.1 Å². The van der Waals surface area contributed by atoms with Crippen molar-refractivity contribution >= 4 is 85.4 Å². The van der Waals surface area contributed by atoms with Crippen molar-refractivity contribution in [2.45, 2.75) is 12.5 Å². The molecule has 2 aromatic heterocycles. The monoisotopic (exact) mass is 778 g/mol. The molecule has 5 aromatic rings. The van der Waals surface area contributed by atoms with E-state index < -0.39 is 57.6 Å². The highest BCUT2D eigenvalue weighted by Gasteiger charge is 2.40. The number of halogens is 1. The fourth-order valence-electron chi connectivity index (χ4n) is 5.85. The van der Waals surface area contributed by atoms with Crippen molar-refractivity contribution in [3.63, 3.8) is 0 Å². The molecule has 20 nitrogen and oxygen atoms in total. The van der Waals surface area contributed by atoms with E-state index in [-0.39, 0.29) is 52.5 Å². The number of hydrogen-bond donors (Lipinski definition) is 5. The summed E-state index contributed by atoms with van der Waals surface area (Å²) in [4.78, 5) is 79.5. The number of amides is 5. The molecule has 0 radical (unpaired) electrons. The summed E-state index contributed by atoms with van der Waals surface area (Å²) in [5.74, 6) is -4.24. The molecule has 5 N–H and O–H groups in total. The Bertz CT molecular complexity index is 2450. The maximum Gasteiger partial charge on any atom is 0.416 e. The minimum atomic E-state index is -3.83. The van der Waals surface area contributed by atoms with Crippen molar-refractivity contribution in [3.8, 4) is 5.69 Å². The Balaban J connectivity index is 1.30. The first-order valence-electron chi connectivity index (χ1n) is 15.6. The van der Waals surface area contributed by atoms with E-state index in [0.29, 0.717) is 15.8 Å². The Hall–Kier alpha value is -6.87. The van der Waals surface area contributed by atoms with E-state index in [1.807, 2.05) is 0 Å². The lowest BCUT2D eigenvalue weighted by Gasteiger charge is -2.38. The van der Waals surface area contributed by atoms with Crippen LogP contribution in [-0.4, -0.2) is 110 Å². The van der Waals surface area contributed by atoms with Gasteiger partial charge in [-0.3, -0.25) is 14.4 Å². The summed E-state index contributed by atoms with van der Waals surface area (Å²) >= 11 is 6.25. The zero-order valence-corrected chi connectivity index (χ0v) is 29.3. The quantitative estimate of drug-likeness (QED) is 0.127. The Morgan fingerprint density at radius 3 is 2.26 bits per heavy atom. The first-order valence-corrected chi connectivity index (χ1v) is 17.8. The molecule has 278 valence electrons. The summed E-state index contributed by atoms with van der Waals surface area (Å²) in [7, 11) is -3.83. The number of piperazine rings is 1. The largest absolute Gasteiger partial charge is 0.477 e. The van der Waals surface area contributed by atoms with Crippen LogP contribution in [0.15, 0.2) is 73.1 Å². The fraction of sp³-hybridized carbons (Fsp3) is 0.156. The Kier molecular flexibility index (Phi) is 10.0. The van der Waals surface area contributed by atoms with Crippen LogP contribution >= 0.6 is 11.6 Å². The molecular weight excluding hydrogens is 752 g/mol. The second-order valence-electron chi connectivity index (χ2n) is 11.8. The number of nitrogens with zero attached hydrogens (tertiary/aromatic N) is 7. The van der Waals surface area contributed by atoms with Crippen molar-refractivity contribution in [2.24, 2.45) is 0 Å². The number of anilines is 3. The molecule has 54 heavy (non-hydrogen) atoms. The molecule has 3 heterocycles. The van der Waals surface area contributed by atoms with E-state index in [1.54, 1.807) is 16.9 Å². The molecule has 0 bridgehead atoms. The third-order valence-electron chi connectivity index (χ3n) is 8.15. The van der Waals surface area contributed by atoms with Gasteiger partial charge in [0, 0.05) is 41.3 Å². The van der Waals surface area contributed by atoms with Gasteiger partial charge in [0.1, 0.15) is 18.1 Å². The van der Waals surface area contributed by atoms with E-state index in [4.69, 9.17) is 11.6 Å². The number of sulfonamides is 1. The lowest BCUT2D eigenvalue weighted by molar-refractivity contribution is -0.149. The molecule has 1 saturated heterocycles. The molecule has 1 aliphatic heterocycles. The number of urea groups is 1. The molecule has 1 atom stereocenters. The Morgan fingerprint density at radius 1 is 0.889 bits per heavy atom. The van der Waals surface area contributed by atoms with Gasteiger partial charge in [-0.2, -0.15) is 4.68 Å². The number of tetrazole rings is 1. The molecule has 0 aliphatic carbocycles. The minimum absolute atomic E-state index is 0.0484. The van der Waals surface area contributed by atoms with Crippen LogP contribution in [0.5, 0.6) is 0 Å². The Labute approximate surface area is 308 Å². The molecule has 6 rings (SSSR count). The summed E-state index contributed by atoms with van der Waals surface area (Å²) in [5.41, 5.74) is 0.939. The number of carboxylic acid groups (broad SMARTS) is 2. The number of fused-ring (bicyclic) bond motifs is 1. The number of carbonyl (C=O) groups excluding carboxylic acids is 4. The van der Waals surface area contributed by atoms with Crippen molar-refractivity contribution in [3.05, 3.63) is 89.3 Å². The van der Waals surface area contributed by atoms with Crippen molar-refractivity contribution in [2.75, 3.05) is 34.9 Å². The average Bonchev–Trinajstić information content (AvgIpc) is 3.77. The standard InChI is InChI=1S/C32H27ClN10O10S/c1-54(52,53)37-31(49)36-20-5-2-17(3-6-20)12-25(27(44)35-21-7-9-22-18(13-21)14-26(30(47)48)43(22)32(50)51)41-11-10-40(28(45)29(41)46)24-15-19(33)4-8-23(24)42-16-34-38-39-42/h2-9,13-16,25H,10-12H2,1H3,(H,35,44)(H,47,48)(H,50,51)(H2,36,37,49). The maximum atomic E-state index is 14.1. The lowest BCUT2D eigenvalue weighted by Crippen LogP contribution is -2.60. The number of aromatic carboxylic acids is 1. The predicted molar refractivity (Wildman–Crippen MR) is 190 cm³/mol. The third-order valence-corrected chi connectivity index (χ3v) is 8.95. The SMILES string of the molecule is CS(=O)(=O)NC(=O)Nc1ccc(CC(C(=O)Nc2ccc3c(c2)cc(C(=O)O)n3C(=O)O)N2CCN(c3cc(Cl)ccc3-n3cnnn3)C(=O)C2=O)cc1. The molecule has 22 heteroatoms. The van der Waals surface area contributed by atoms with Gasteiger partial charge in [0.2, 0.25) is 15.9 Å². The van der Waals surface area contributed by atoms with Crippen LogP contribution in [0.1, 0.15) is 16.1 Å². The van der Waals surface area contributed by atoms with Crippen molar-refractivity contribution in [1.82, 2.24) is 34.4 Å². The van der Waals surface area contributed by atoms with Gasteiger partial charge in [-0.25, -0.2) is 32.1 Å². The van der Waals surface area contributed by atoms with Gasteiger partial charge in [-0.05, 0) is 70.6 Å². The minimum Gasteiger partial charge on any atom is -0.477 e. The highest BCUT2D eigenvalue weighted by Crippen LogP contribution is 2.30. The van der Waals surface area contributed by atoms with E-state index in [2.05, 4.69) is 26.2 Å². The molecule has 0 saturated carbocycles. The summed E-state index contributed by atoms with van der Waals surface area (Å²) in [6.45, 7) is -0.202. The smallest absolute Gasteiger partial charge is 0.416 e. The second kappa shape index (κ2) is 14.6. The first-order chi connectivity index (χ1) is 25.6. The molecule has 0 spiro atoms. The summed E-state index contributed by atoms with van der Waals surface area (Å²) in [5, 5.41) is 35.7. The van der Waals surface area contributed by atoms with E-state index in [9.17, 15) is 47.4 Å². The number of aromatic nitrogens is 5. The van der Waals surface area contributed by atoms with Gasteiger partial charge in [-0.15, -0.1) is 5.10 Å².